The molecule has 580 valence electrons. The Balaban J connectivity index is 1.31. The lowest BCUT2D eigenvalue weighted by molar-refractivity contribution is -0.376. The standard InChI is InChI=1S/C38H59N3O52S7/c1-6(42)39-12-15(44)22(9(3-78-96(63,64)65)83-34(12)88-26-18(47)20(49)37(91-28(26)31(52)53)87-24-11(5-80-98(69,70)71)81-33(56)14(41-95(60,61)62)25(24)93-100(75,76)77)85-36-19(48)17(46)27(29(90-36)32(54)55)89-35-13(40-94(57,58)59)16(45)23(10(84-35)4-79-97(66,67)68)86-38-21(92-99(72,73)74)7(43)2-8(82-38)30(50)51/h2,7,9-29,33-38,40-41,43-49,56H,3-5H2,1H3,(H,39,42)(H,50,51)(H,52,53)(H,54,55)(H,57,58,59)(H,60,61,62)(H,63,64,65)(H,66,67,68)(H,69,70,71)(H,72,73,74)(H,75,76,77). The molecule has 0 saturated carbocycles. The molecule has 100 heavy (non-hydrogen) atoms. The lowest BCUT2D eigenvalue weighted by Gasteiger charge is -2.50. The van der Waals surface area contributed by atoms with Gasteiger partial charge in [0.1, 0.15) is 116 Å². The minimum absolute atomic E-state index is 0.257. The molecule has 0 aromatic carbocycles. The lowest BCUT2D eigenvalue weighted by Crippen LogP contribution is -2.71. The zero-order valence-electron chi connectivity index (χ0n) is 48.7. The molecule has 21 N–H and O–H groups in total. The van der Waals surface area contributed by atoms with Crippen LogP contribution in [0.15, 0.2) is 11.8 Å². The molecule has 0 bridgehead atoms. The van der Waals surface area contributed by atoms with E-state index in [0.29, 0.717) is 6.92 Å². The Morgan fingerprint density at radius 1 is 0.410 bits per heavy atom. The number of aliphatic carboxylic acids is 3. The predicted octanol–water partition coefficient (Wildman–Crippen LogP) is -14.6. The van der Waals surface area contributed by atoms with Crippen LogP contribution in [0.5, 0.6) is 0 Å². The average molecular weight is 1610 g/mol. The number of amides is 1. The van der Waals surface area contributed by atoms with Gasteiger partial charge in [0.15, 0.2) is 49.8 Å². The van der Waals surface area contributed by atoms with Gasteiger partial charge in [-0.2, -0.15) is 68.4 Å². The number of hydrogen-bond donors (Lipinski definition) is 21. The van der Waals surface area contributed by atoms with Gasteiger partial charge < -0.3 is 114 Å². The first kappa shape index (κ1) is 84.7. The summed E-state index contributed by atoms with van der Waals surface area (Å²) in [6.07, 6.45) is -69.2. The highest BCUT2D eigenvalue weighted by atomic mass is 32.3. The van der Waals surface area contributed by atoms with Gasteiger partial charge in [-0.15, -0.1) is 0 Å². The van der Waals surface area contributed by atoms with E-state index in [4.69, 9.17) is 52.1 Å². The third kappa shape index (κ3) is 23.4. The number of rotatable bonds is 31. The summed E-state index contributed by atoms with van der Waals surface area (Å²) < 4.78 is 316. The fraction of sp³-hybridized carbons (Fsp3) is 0.842. The highest BCUT2D eigenvalue weighted by Crippen LogP contribution is 2.38. The predicted molar refractivity (Wildman–Crippen MR) is 288 cm³/mol. The number of aliphatic hydroxyl groups is 8. The number of carboxylic acid groups (broad SMARTS) is 3. The molecule has 62 heteroatoms. The summed E-state index contributed by atoms with van der Waals surface area (Å²) in [7, 11) is -40.2. The van der Waals surface area contributed by atoms with E-state index >= 15 is 0 Å². The Bertz CT molecular complexity index is 3790. The smallest absolute Gasteiger partial charge is 0.397 e. The minimum Gasteiger partial charge on any atom is -0.479 e. The van der Waals surface area contributed by atoms with Crippen LogP contribution in [0.4, 0.5) is 0 Å². The van der Waals surface area contributed by atoms with Gasteiger partial charge in [0.2, 0.25) is 18.0 Å². The Kier molecular flexibility index (Phi) is 27.7. The Hall–Kier alpha value is -4.21. The van der Waals surface area contributed by atoms with Crippen molar-refractivity contribution in [3.63, 3.8) is 0 Å². The van der Waals surface area contributed by atoms with Crippen LogP contribution in [0.25, 0.3) is 0 Å². The first-order chi connectivity index (χ1) is 45.5. The molecule has 6 aliphatic heterocycles. The topological polar surface area (TPSA) is 855 Å². The van der Waals surface area contributed by atoms with Gasteiger partial charge in [0.05, 0.1) is 19.8 Å². The number of carbonyl (C=O) groups is 4. The second-order valence-electron chi connectivity index (χ2n) is 21.0. The molecule has 55 nitrogen and oxygen atoms in total. The number of nitrogens with one attached hydrogen (secondary N) is 3. The molecule has 0 spiro atoms. The maximum absolute atomic E-state index is 13.0. The van der Waals surface area contributed by atoms with Crippen molar-refractivity contribution in [1.82, 2.24) is 14.8 Å². The number of carbonyl (C=O) groups excluding carboxylic acids is 1. The van der Waals surface area contributed by atoms with E-state index in [2.05, 4.69) is 20.9 Å². The van der Waals surface area contributed by atoms with Gasteiger partial charge >= 0.3 is 90.5 Å². The van der Waals surface area contributed by atoms with Crippen molar-refractivity contribution in [3.05, 3.63) is 11.8 Å². The molecule has 6 rings (SSSR count). The normalized spacial score (nSPS) is 39.0. The molecule has 0 aromatic heterocycles. The van der Waals surface area contributed by atoms with Crippen molar-refractivity contribution >= 4 is 96.4 Å². The van der Waals surface area contributed by atoms with Crippen molar-refractivity contribution in [2.24, 2.45) is 0 Å². The van der Waals surface area contributed by atoms with Crippen LogP contribution in [-0.2, 0) is 165 Å². The van der Waals surface area contributed by atoms with Crippen LogP contribution in [0, 0.1) is 0 Å². The summed E-state index contributed by atoms with van der Waals surface area (Å²) in [5.74, 6) is -9.34. The van der Waals surface area contributed by atoms with Gasteiger partial charge in [-0.1, -0.05) is 0 Å². The zero-order valence-corrected chi connectivity index (χ0v) is 54.4. The summed E-state index contributed by atoms with van der Waals surface area (Å²) in [5.41, 5.74) is 0. The van der Waals surface area contributed by atoms with Crippen LogP contribution < -0.4 is 14.8 Å². The van der Waals surface area contributed by atoms with Crippen molar-refractivity contribution in [3.8, 4) is 0 Å². The third-order valence-corrected chi connectivity index (χ3v) is 17.3. The summed E-state index contributed by atoms with van der Waals surface area (Å²) in [5, 5.41) is 123. The van der Waals surface area contributed by atoms with Crippen molar-refractivity contribution in [2.45, 2.75) is 179 Å². The highest BCUT2D eigenvalue weighted by Gasteiger charge is 2.61. The number of ether oxygens (including phenoxy) is 11. The minimum atomic E-state index is -5.97. The zero-order chi connectivity index (χ0) is 75.8. The molecule has 5 saturated heterocycles. The quantitative estimate of drug-likeness (QED) is 0.0287. The van der Waals surface area contributed by atoms with Gasteiger partial charge in [0, 0.05) is 6.92 Å². The van der Waals surface area contributed by atoms with Crippen molar-refractivity contribution in [1.29, 1.82) is 0 Å². The van der Waals surface area contributed by atoms with Gasteiger partial charge in [-0.3, -0.25) is 36.7 Å². The molecular weight excluding hydrogens is 1550 g/mol. The Morgan fingerprint density at radius 2 is 0.770 bits per heavy atom. The van der Waals surface area contributed by atoms with E-state index in [0.717, 1.165) is 0 Å². The number of hydrogen-bond acceptors (Lipinski definition) is 42. The maximum atomic E-state index is 13.0. The van der Waals surface area contributed by atoms with Gasteiger partial charge in [-0.05, 0) is 6.08 Å². The average Bonchev–Trinajstić information content (AvgIpc) is 0.769. The molecule has 6 heterocycles. The van der Waals surface area contributed by atoms with Crippen LogP contribution in [-0.4, -0.2) is 362 Å². The summed E-state index contributed by atoms with van der Waals surface area (Å²) in [4.78, 5) is 50.5. The summed E-state index contributed by atoms with van der Waals surface area (Å²) in [6, 6.07) is -7.96. The van der Waals surface area contributed by atoms with Crippen LogP contribution in [0.1, 0.15) is 6.92 Å². The van der Waals surface area contributed by atoms with Crippen molar-refractivity contribution < 1.29 is 239 Å². The van der Waals surface area contributed by atoms with E-state index in [-0.39, 0.29) is 6.08 Å². The summed E-state index contributed by atoms with van der Waals surface area (Å²) >= 11 is 0. The number of carboxylic acids is 3. The monoisotopic (exact) mass is 1610 g/mol. The van der Waals surface area contributed by atoms with E-state index in [1.807, 2.05) is 5.32 Å². The van der Waals surface area contributed by atoms with Gasteiger partial charge in [0.25, 0.3) is 0 Å². The van der Waals surface area contributed by atoms with E-state index in [1.165, 1.54) is 9.44 Å². The lowest BCUT2D eigenvalue weighted by atomic mass is 9.94. The van der Waals surface area contributed by atoms with E-state index in [1.54, 1.807) is 0 Å². The third-order valence-electron chi connectivity index (χ3n) is 14.0. The molecule has 28 unspecified atom stereocenters. The highest BCUT2D eigenvalue weighted by molar-refractivity contribution is 7.84. The molecule has 1 amide bonds. The largest absolute Gasteiger partial charge is 0.479 e. The van der Waals surface area contributed by atoms with E-state index in [9.17, 15) is 166 Å². The second-order valence-corrected chi connectivity index (χ2v) is 28.8. The van der Waals surface area contributed by atoms with Crippen molar-refractivity contribution in [2.75, 3.05) is 19.8 Å². The van der Waals surface area contributed by atoms with E-state index < -0.39 is 294 Å². The fourth-order valence-electron chi connectivity index (χ4n) is 10.1. The fourth-order valence-corrected chi connectivity index (χ4v) is 13.2. The van der Waals surface area contributed by atoms with Crippen LogP contribution in [0.2, 0.25) is 0 Å². The molecule has 5 fully saturated rings. The summed E-state index contributed by atoms with van der Waals surface area (Å²) in [6.45, 7) is -4.43. The Morgan fingerprint density at radius 3 is 1.15 bits per heavy atom. The molecule has 0 aliphatic carbocycles. The molecular formula is C38H59N3O52S7. The second kappa shape index (κ2) is 32.7. The SMILES string of the molecule is CC(=O)NC1C(OC2C(C(=O)O)OC(OC3C(COS(=O)(=O)O)OC(O)C(NS(=O)(=O)O)C3OS(=O)(=O)O)C(O)C2O)OC(COS(=O)(=O)O)C(OC2OC(C(=O)O)C(OC3OC(COS(=O)(=O)O)C(OC4OC(C(=O)O)=CC(O)C4OS(=O)(=O)O)C(O)C3NS(=O)(=O)O)C(O)C2O)C1O. The molecule has 0 radical (unpaired) electrons. The van der Waals surface area contributed by atoms with Crippen LogP contribution in [0.3, 0.4) is 0 Å². The molecule has 28 atom stereocenters. The molecule has 6 aliphatic rings. The number of aliphatic hydroxyl groups excluding tert-OH is 8. The maximum Gasteiger partial charge on any atom is 0.397 e. The Labute approximate surface area is 558 Å². The first-order valence-electron chi connectivity index (χ1n) is 26.5. The van der Waals surface area contributed by atoms with Crippen LogP contribution >= 0.6 is 0 Å². The first-order valence-corrected chi connectivity index (χ1v) is 36.2. The van der Waals surface area contributed by atoms with Gasteiger partial charge in [-0.25, -0.2) is 35.3 Å². The molecule has 0 aromatic rings.